The number of nitriles is 1. The largest absolute Gasteiger partial charge is 0.397 e. The molecule has 1 aromatic carbocycles. The molecule has 0 aliphatic rings. The molecule has 0 atom stereocenters. The molecule has 0 bridgehead atoms. The van der Waals surface area contributed by atoms with Crippen molar-refractivity contribution in [2.75, 3.05) is 5.73 Å². The van der Waals surface area contributed by atoms with Gasteiger partial charge in [0.1, 0.15) is 0 Å². The van der Waals surface area contributed by atoms with Crippen LogP contribution >= 0.6 is 11.8 Å². The van der Waals surface area contributed by atoms with Crippen molar-refractivity contribution in [3.63, 3.8) is 0 Å². The lowest BCUT2D eigenvalue weighted by atomic mass is 10.2. The van der Waals surface area contributed by atoms with Crippen LogP contribution in [0.3, 0.4) is 0 Å². The molecule has 0 saturated heterocycles. The lowest BCUT2D eigenvalue weighted by Gasteiger charge is -2.07. The van der Waals surface area contributed by atoms with Crippen molar-refractivity contribution >= 4 is 17.4 Å². The van der Waals surface area contributed by atoms with Crippen molar-refractivity contribution in [2.24, 2.45) is 0 Å². The van der Waals surface area contributed by atoms with E-state index in [0.29, 0.717) is 11.3 Å². The highest BCUT2D eigenvalue weighted by molar-refractivity contribution is 7.99. The summed E-state index contributed by atoms with van der Waals surface area (Å²) in [5.41, 5.74) is 8.26. The van der Waals surface area contributed by atoms with E-state index in [0.717, 1.165) is 15.4 Å². The first-order valence-corrected chi connectivity index (χ1v) is 5.90. The highest BCUT2D eigenvalue weighted by Crippen LogP contribution is 2.33. The molecule has 0 fully saturated rings. The lowest BCUT2D eigenvalue weighted by molar-refractivity contribution is 1.25. The third-order valence-electron chi connectivity index (χ3n) is 2.33. The van der Waals surface area contributed by atoms with Crippen LogP contribution in [-0.2, 0) is 0 Å². The molecule has 3 nitrogen and oxygen atoms in total. The number of aryl methyl sites for hydroxylation is 1. The number of nitrogens with two attached hydrogens (primary N) is 1. The van der Waals surface area contributed by atoms with Crippen molar-refractivity contribution in [3.8, 4) is 6.07 Å². The van der Waals surface area contributed by atoms with Gasteiger partial charge in [-0.1, -0.05) is 11.8 Å². The van der Waals surface area contributed by atoms with Gasteiger partial charge in [-0.15, -0.1) is 0 Å². The first kappa shape index (κ1) is 11.5. The number of nitrogens with zero attached hydrogens (tertiary/aromatic N) is 2. The number of benzene rings is 1. The van der Waals surface area contributed by atoms with E-state index in [-0.39, 0.29) is 0 Å². The van der Waals surface area contributed by atoms with Crippen LogP contribution in [0.15, 0.2) is 46.5 Å². The zero-order valence-corrected chi connectivity index (χ0v) is 10.2. The number of rotatable bonds is 2. The summed E-state index contributed by atoms with van der Waals surface area (Å²) in [6, 6.07) is 9.64. The van der Waals surface area contributed by atoms with Gasteiger partial charge >= 0.3 is 0 Å². The monoisotopic (exact) mass is 241 g/mol. The number of hydrogen-bond donors (Lipinski definition) is 1. The summed E-state index contributed by atoms with van der Waals surface area (Å²) in [7, 11) is 0. The van der Waals surface area contributed by atoms with Gasteiger partial charge in [-0.05, 0) is 36.8 Å². The number of anilines is 1. The molecule has 0 saturated carbocycles. The minimum absolute atomic E-state index is 0.668. The molecule has 2 aromatic rings. The van der Waals surface area contributed by atoms with Gasteiger partial charge in [-0.3, -0.25) is 4.98 Å². The van der Waals surface area contributed by atoms with E-state index < -0.39 is 0 Å². The fourth-order valence-electron chi connectivity index (χ4n) is 1.44. The predicted molar refractivity (Wildman–Crippen MR) is 68.7 cm³/mol. The van der Waals surface area contributed by atoms with E-state index in [9.17, 15) is 0 Å². The Hall–Kier alpha value is -1.99. The Balaban J connectivity index is 2.32. The Bertz CT molecular complexity index is 587. The summed E-state index contributed by atoms with van der Waals surface area (Å²) in [5.74, 6) is 0. The van der Waals surface area contributed by atoms with Gasteiger partial charge in [0.05, 0.1) is 23.5 Å². The maximum absolute atomic E-state index is 8.80. The molecule has 4 heteroatoms. The van der Waals surface area contributed by atoms with Gasteiger partial charge < -0.3 is 5.73 Å². The third kappa shape index (κ3) is 2.58. The molecule has 0 aliphatic heterocycles. The third-order valence-corrected chi connectivity index (χ3v) is 3.60. The van der Waals surface area contributed by atoms with Crippen LogP contribution in [0.5, 0.6) is 0 Å². The molecule has 0 unspecified atom stereocenters. The number of pyridine rings is 1. The molecule has 0 spiro atoms. The van der Waals surface area contributed by atoms with E-state index >= 15 is 0 Å². The number of hydrogen-bond acceptors (Lipinski definition) is 4. The quantitative estimate of drug-likeness (QED) is 0.878. The number of aromatic nitrogens is 1. The van der Waals surface area contributed by atoms with E-state index in [1.165, 1.54) is 0 Å². The molecule has 2 rings (SSSR count). The highest BCUT2D eigenvalue weighted by Gasteiger charge is 2.05. The molecule has 2 N–H and O–H groups in total. The Kier molecular flexibility index (Phi) is 3.31. The summed E-state index contributed by atoms with van der Waals surface area (Å²) in [4.78, 5) is 6.03. The Morgan fingerprint density at radius 2 is 2.12 bits per heavy atom. The first-order valence-electron chi connectivity index (χ1n) is 5.09. The van der Waals surface area contributed by atoms with Crippen molar-refractivity contribution in [2.45, 2.75) is 16.7 Å². The van der Waals surface area contributed by atoms with Crippen molar-refractivity contribution in [3.05, 3.63) is 47.8 Å². The summed E-state index contributed by atoms with van der Waals surface area (Å²) in [6.45, 7) is 1.99. The average molecular weight is 241 g/mol. The van der Waals surface area contributed by atoms with Crippen molar-refractivity contribution < 1.29 is 0 Å². The SMILES string of the molecule is Cc1cc(C#N)ccc1Sc1ccncc1N. The van der Waals surface area contributed by atoms with E-state index in [2.05, 4.69) is 11.1 Å². The molecule has 0 amide bonds. The summed E-state index contributed by atoms with van der Waals surface area (Å²) >= 11 is 1.59. The second-order valence-electron chi connectivity index (χ2n) is 3.61. The zero-order valence-electron chi connectivity index (χ0n) is 9.34. The van der Waals surface area contributed by atoms with Gasteiger partial charge in [0, 0.05) is 16.0 Å². The standard InChI is InChI=1S/C13H11N3S/c1-9-6-10(7-14)2-3-12(9)17-13-4-5-16-8-11(13)15/h2-6,8H,15H2,1H3. The maximum atomic E-state index is 8.80. The van der Waals surface area contributed by atoms with Crippen LogP contribution in [0.4, 0.5) is 5.69 Å². The lowest BCUT2D eigenvalue weighted by Crippen LogP contribution is -1.90. The topological polar surface area (TPSA) is 62.7 Å². The second kappa shape index (κ2) is 4.89. The first-order chi connectivity index (χ1) is 8.20. The highest BCUT2D eigenvalue weighted by atomic mass is 32.2. The molecule has 0 radical (unpaired) electrons. The molecule has 0 aliphatic carbocycles. The van der Waals surface area contributed by atoms with Crippen LogP contribution in [0.25, 0.3) is 0 Å². The van der Waals surface area contributed by atoms with Crippen LogP contribution < -0.4 is 5.73 Å². The second-order valence-corrected chi connectivity index (χ2v) is 4.69. The molecule has 17 heavy (non-hydrogen) atoms. The Morgan fingerprint density at radius 1 is 1.29 bits per heavy atom. The van der Waals surface area contributed by atoms with Gasteiger partial charge in [0.15, 0.2) is 0 Å². The fraction of sp³-hybridized carbons (Fsp3) is 0.0769. The number of nitrogen functional groups attached to an aromatic ring is 1. The van der Waals surface area contributed by atoms with Gasteiger partial charge in [0.25, 0.3) is 0 Å². The van der Waals surface area contributed by atoms with Crippen LogP contribution in [0.2, 0.25) is 0 Å². The minimum atomic E-state index is 0.668. The normalized spacial score (nSPS) is 9.88. The van der Waals surface area contributed by atoms with Crippen LogP contribution in [0.1, 0.15) is 11.1 Å². The van der Waals surface area contributed by atoms with Gasteiger partial charge in [-0.25, -0.2) is 0 Å². The summed E-state index contributed by atoms with van der Waals surface area (Å²) in [5, 5.41) is 8.80. The zero-order chi connectivity index (χ0) is 12.3. The van der Waals surface area contributed by atoms with Crippen LogP contribution in [-0.4, -0.2) is 4.98 Å². The fourth-order valence-corrected chi connectivity index (χ4v) is 2.33. The minimum Gasteiger partial charge on any atom is -0.397 e. The maximum Gasteiger partial charge on any atom is 0.0991 e. The Labute approximate surface area is 104 Å². The molecular formula is C13H11N3S. The predicted octanol–water partition coefficient (Wildman–Crippen LogP) is 3.00. The van der Waals surface area contributed by atoms with E-state index in [4.69, 9.17) is 11.0 Å². The molecule has 1 aromatic heterocycles. The molecular weight excluding hydrogens is 230 g/mol. The van der Waals surface area contributed by atoms with Crippen molar-refractivity contribution in [1.82, 2.24) is 4.98 Å². The van der Waals surface area contributed by atoms with E-state index in [1.54, 1.807) is 24.2 Å². The molecule has 1 heterocycles. The van der Waals surface area contributed by atoms with E-state index in [1.807, 2.05) is 31.2 Å². The average Bonchev–Trinajstić information content (AvgIpc) is 2.34. The summed E-state index contributed by atoms with van der Waals surface area (Å²) < 4.78 is 0. The van der Waals surface area contributed by atoms with Gasteiger partial charge in [0.2, 0.25) is 0 Å². The molecule has 84 valence electrons. The summed E-state index contributed by atoms with van der Waals surface area (Å²) in [6.07, 6.45) is 3.36. The van der Waals surface area contributed by atoms with Crippen LogP contribution in [0, 0.1) is 18.3 Å². The smallest absolute Gasteiger partial charge is 0.0991 e. The van der Waals surface area contributed by atoms with Crippen molar-refractivity contribution in [1.29, 1.82) is 5.26 Å². The Morgan fingerprint density at radius 3 is 2.76 bits per heavy atom. The van der Waals surface area contributed by atoms with Gasteiger partial charge in [-0.2, -0.15) is 5.26 Å².